The molecule has 0 aliphatic heterocycles. The molecule has 1 unspecified atom stereocenters. The summed E-state index contributed by atoms with van der Waals surface area (Å²) in [5.74, 6) is 3.40. The van der Waals surface area contributed by atoms with Crippen LogP contribution >= 0.6 is 0 Å². The third-order valence-corrected chi connectivity index (χ3v) is 12.0. The summed E-state index contributed by atoms with van der Waals surface area (Å²) in [6, 6.07) is 9.29. The van der Waals surface area contributed by atoms with E-state index in [1.807, 2.05) is 0 Å². The number of hydrogen-bond donors (Lipinski definition) is 1. The van der Waals surface area contributed by atoms with Crippen molar-refractivity contribution in [1.29, 1.82) is 0 Å². The van der Waals surface area contributed by atoms with E-state index in [-0.39, 0.29) is 0 Å². The van der Waals surface area contributed by atoms with Crippen LogP contribution in [0.25, 0.3) is 5.57 Å². The maximum Gasteiger partial charge on any atom is 0.123 e. The molecule has 5 rings (SSSR count). The van der Waals surface area contributed by atoms with Gasteiger partial charge in [0.2, 0.25) is 0 Å². The van der Waals surface area contributed by atoms with Gasteiger partial charge in [-0.25, -0.2) is 0 Å². The summed E-state index contributed by atoms with van der Waals surface area (Å²) in [5, 5.41) is 0. The van der Waals surface area contributed by atoms with Crippen LogP contribution in [0.5, 0.6) is 0 Å². The average molecular weight is 558 g/mol. The predicted molar refractivity (Wildman–Crippen MR) is 175 cm³/mol. The minimum absolute atomic E-state index is 0.366. The molecule has 0 heterocycles. The highest BCUT2D eigenvalue weighted by molar-refractivity contribution is 5.81. The number of hydrogen-bond acceptors (Lipinski definition) is 2. The Morgan fingerprint density at radius 2 is 1.68 bits per heavy atom. The minimum Gasteiger partial charge on any atom is -0.494 e. The molecule has 0 bridgehead atoms. The van der Waals surface area contributed by atoms with E-state index in [2.05, 4.69) is 78.0 Å². The third kappa shape index (κ3) is 6.58. The lowest BCUT2D eigenvalue weighted by molar-refractivity contribution is 0.0466. The van der Waals surface area contributed by atoms with E-state index >= 15 is 0 Å². The first kappa shape index (κ1) is 30.7. The van der Waals surface area contributed by atoms with E-state index in [9.17, 15) is 0 Å². The lowest BCUT2D eigenvalue weighted by Crippen LogP contribution is -2.41. The first-order chi connectivity index (χ1) is 19.7. The highest BCUT2D eigenvalue weighted by atomic mass is 16.5. The predicted octanol–water partition coefficient (Wildman–Crippen LogP) is 10.4. The maximum absolute atomic E-state index is 6.38. The molecule has 0 spiro atoms. The SMILES string of the molecule is CC=C(CC1(C)CC(CC2C=C(OCC)C(c3ccc(CC)cc3)=C(C3CC3)C2)C1)C1(C)CCC(CC)(CN)CC1. The number of ether oxygens (including phenoxy) is 1. The molecule has 1 atom stereocenters. The van der Waals surface area contributed by atoms with Crippen LogP contribution < -0.4 is 5.73 Å². The van der Waals surface area contributed by atoms with Gasteiger partial charge in [-0.2, -0.15) is 0 Å². The lowest BCUT2D eigenvalue weighted by Gasteiger charge is -2.51. The van der Waals surface area contributed by atoms with Crippen LogP contribution in [-0.4, -0.2) is 13.2 Å². The quantitative estimate of drug-likeness (QED) is 0.259. The van der Waals surface area contributed by atoms with Gasteiger partial charge in [-0.3, -0.25) is 0 Å². The van der Waals surface area contributed by atoms with Crippen molar-refractivity contribution < 1.29 is 4.74 Å². The number of nitrogens with two attached hydrogens (primary N) is 1. The fourth-order valence-corrected chi connectivity index (χ4v) is 8.92. The topological polar surface area (TPSA) is 35.2 Å². The van der Waals surface area contributed by atoms with Gasteiger partial charge in [0.25, 0.3) is 0 Å². The van der Waals surface area contributed by atoms with Gasteiger partial charge in [-0.15, -0.1) is 0 Å². The van der Waals surface area contributed by atoms with Gasteiger partial charge < -0.3 is 10.5 Å². The summed E-state index contributed by atoms with van der Waals surface area (Å²) < 4.78 is 6.38. The first-order valence-corrected chi connectivity index (χ1v) is 17.2. The molecule has 1 aromatic rings. The number of aryl methyl sites for hydroxylation is 1. The van der Waals surface area contributed by atoms with Crippen LogP contribution in [0.2, 0.25) is 0 Å². The summed E-state index contributed by atoms with van der Waals surface area (Å²) in [4.78, 5) is 0. The smallest absolute Gasteiger partial charge is 0.123 e. The molecule has 226 valence electrons. The minimum atomic E-state index is 0.366. The molecule has 2 N–H and O–H groups in total. The van der Waals surface area contributed by atoms with Crippen molar-refractivity contribution >= 4 is 5.57 Å². The lowest BCUT2D eigenvalue weighted by atomic mass is 9.54. The molecule has 4 aliphatic carbocycles. The monoisotopic (exact) mass is 557 g/mol. The third-order valence-electron chi connectivity index (χ3n) is 12.0. The number of allylic oxidation sites excluding steroid dienone is 5. The van der Waals surface area contributed by atoms with E-state index < -0.39 is 0 Å². The first-order valence-electron chi connectivity index (χ1n) is 17.2. The van der Waals surface area contributed by atoms with Gasteiger partial charge >= 0.3 is 0 Å². The Morgan fingerprint density at radius 1 is 1.00 bits per heavy atom. The van der Waals surface area contributed by atoms with Gasteiger partial charge in [-0.05, 0) is 155 Å². The van der Waals surface area contributed by atoms with Gasteiger partial charge in [0.05, 0.1) is 6.61 Å². The number of rotatable bonds is 12. The van der Waals surface area contributed by atoms with Gasteiger partial charge in [0.1, 0.15) is 5.76 Å². The van der Waals surface area contributed by atoms with E-state index in [4.69, 9.17) is 10.5 Å². The largest absolute Gasteiger partial charge is 0.494 e. The second-order valence-corrected chi connectivity index (χ2v) is 15.1. The van der Waals surface area contributed by atoms with Gasteiger partial charge in [0, 0.05) is 5.57 Å². The van der Waals surface area contributed by atoms with Crippen molar-refractivity contribution in [2.24, 2.45) is 39.7 Å². The van der Waals surface area contributed by atoms with Crippen molar-refractivity contribution in [2.75, 3.05) is 13.2 Å². The second-order valence-electron chi connectivity index (χ2n) is 15.1. The molecule has 2 nitrogen and oxygen atoms in total. The Hall–Kier alpha value is -1.80. The summed E-state index contributed by atoms with van der Waals surface area (Å²) in [6.07, 6.45) is 21.9. The molecule has 0 saturated heterocycles. The standard InChI is InChI=1S/C39H59NO/c1-7-28-11-13-32(14-12-28)36-34(31-15-16-31)22-29(23-35(36)41-10-4)21-30-24-37(5,25-30)26-33(8-2)38(6)17-19-39(9-3,27-40)20-18-38/h8,11-14,23,29-31H,7,9-10,15-22,24-27,40H2,1-6H3. The summed E-state index contributed by atoms with van der Waals surface area (Å²) in [5.41, 5.74) is 15.1. The van der Waals surface area contributed by atoms with Crippen LogP contribution in [0.15, 0.2) is 53.3 Å². The fraction of sp³-hybridized carbons (Fsp3) is 0.692. The zero-order valence-electron chi connectivity index (χ0n) is 27.3. The summed E-state index contributed by atoms with van der Waals surface area (Å²) in [7, 11) is 0. The highest BCUT2D eigenvalue weighted by Crippen LogP contribution is 2.58. The fourth-order valence-electron chi connectivity index (χ4n) is 8.92. The van der Waals surface area contributed by atoms with E-state index in [1.54, 1.807) is 11.1 Å². The molecular weight excluding hydrogens is 498 g/mol. The highest BCUT2D eigenvalue weighted by Gasteiger charge is 2.46. The van der Waals surface area contributed by atoms with Crippen LogP contribution in [0.1, 0.15) is 130 Å². The van der Waals surface area contributed by atoms with Gasteiger partial charge in [-0.1, -0.05) is 69.2 Å². The van der Waals surface area contributed by atoms with E-state index in [0.717, 1.165) is 31.4 Å². The molecule has 0 radical (unpaired) electrons. The molecule has 41 heavy (non-hydrogen) atoms. The second kappa shape index (κ2) is 12.4. The molecule has 3 saturated carbocycles. The zero-order valence-corrected chi connectivity index (χ0v) is 27.3. The molecule has 3 fully saturated rings. The molecule has 4 aliphatic rings. The van der Waals surface area contributed by atoms with Crippen molar-refractivity contribution in [3.05, 3.63) is 64.4 Å². The molecule has 2 heteroatoms. The van der Waals surface area contributed by atoms with Crippen molar-refractivity contribution in [3.63, 3.8) is 0 Å². The maximum atomic E-state index is 6.38. The van der Waals surface area contributed by atoms with E-state index in [1.165, 1.54) is 99.5 Å². The van der Waals surface area contributed by atoms with Crippen LogP contribution in [-0.2, 0) is 11.2 Å². The Balaban J connectivity index is 1.23. The van der Waals surface area contributed by atoms with Crippen molar-refractivity contribution in [2.45, 2.75) is 125 Å². The Labute approximate surface area is 252 Å². The van der Waals surface area contributed by atoms with Crippen molar-refractivity contribution in [1.82, 2.24) is 0 Å². The number of benzene rings is 1. The summed E-state index contributed by atoms with van der Waals surface area (Å²) in [6.45, 7) is 15.7. The molecule has 1 aromatic carbocycles. The zero-order chi connectivity index (χ0) is 29.3. The van der Waals surface area contributed by atoms with Crippen LogP contribution in [0.3, 0.4) is 0 Å². The van der Waals surface area contributed by atoms with Crippen LogP contribution in [0.4, 0.5) is 0 Å². The Morgan fingerprint density at radius 3 is 2.22 bits per heavy atom. The normalized spacial score (nSPS) is 34.3. The molecular formula is C39H59NO. The van der Waals surface area contributed by atoms with Crippen molar-refractivity contribution in [3.8, 4) is 0 Å². The van der Waals surface area contributed by atoms with E-state index in [0.29, 0.717) is 22.2 Å². The molecule has 0 amide bonds. The molecule has 0 aromatic heterocycles. The average Bonchev–Trinajstić information content (AvgIpc) is 3.82. The van der Waals surface area contributed by atoms with Gasteiger partial charge in [0.15, 0.2) is 0 Å². The Kier molecular flexibility index (Phi) is 9.30. The Bertz CT molecular complexity index is 1130. The van der Waals surface area contributed by atoms with Crippen LogP contribution in [0, 0.1) is 34.0 Å². The summed E-state index contributed by atoms with van der Waals surface area (Å²) >= 11 is 0.